The number of fused-ring (bicyclic) bond motifs is 1. The SMILES string of the molecule is COc1ccc(OC)c(-c2nc3cc(Br)c(F)cc3[nH]2)c1. The molecule has 6 heteroatoms. The van der Waals surface area contributed by atoms with Gasteiger partial charge < -0.3 is 14.5 Å². The van der Waals surface area contributed by atoms with E-state index in [1.807, 2.05) is 6.07 Å². The van der Waals surface area contributed by atoms with Gasteiger partial charge in [0.2, 0.25) is 0 Å². The Hall–Kier alpha value is -2.08. The number of H-pyrrole nitrogens is 1. The summed E-state index contributed by atoms with van der Waals surface area (Å²) in [6.07, 6.45) is 0. The summed E-state index contributed by atoms with van der Waals surface area (Å²) in [5.41, 5.74) is 2.04. The molecule has 0 bridgehead atoms. The highest BCUT2D eigenvalue weighted by Gasteiger charge is 2.13. The Kier molecular flexibility index (Phi) is 3.55. The van der Waals surface area contributed by atoms with Crippen molar-refractivity contribution in [2.45, 2.75) is 0 Å². The number of aromatic amines is 1. The maximum absolute atomic E-state index is 13.6. The molecule has 3 aromatic rings. The lowest BCUT2D eigenvalue weighted by molar-refractivity contribution is 0.404. The molecule has 108 valence electrons. The number of imidazole rings is 1. The van der Waals surface area contributed by atoms with E-state index in [0.717, 1.165) is 5.56 Å². The van der Waals surface area contributed by atoms with Gasteiger partial charge in [0.25, 0.3) is 0 Å². The van der Waals surface area contributed by atoms with Gasteiger partial charge in [-0.2, -0.15) is 0 Å². The van der Waals surface area contributed by atoms with Gasteiger partial charge in [0.15, 0.2) is 0 Å². The molecule has 0 saturated carbocycles. The lowest BCUT2D eigenvalue weighted by Crippen LogP contribution is -1.91. The van der Waals surface area contributed by atoms with Gasteiger partial charge in [0, 0.05) is 6.07 Å². The molecule has 0 aliphatic heterocycles. The average molecular weight is 351 g/mol. The van der Waals surface area contributed by atoms with Crippen molar-refractivity contribution in [3.05, 3.63) is 40.6 Å². The predicted octanol–water partition coefficient (Wildman–Crippen LogP) is 4.15. The normalized spacial score (nSPS) is 10.9. The third kappa shape index (κ3) is 2.47. The summed E-state index contributed by atoms with van der Waals surface area (Å²) in [4.78, 5) is 7.58. The molecule has 21 heavy (non-hydrogen) atoms. The lowest BCUT2D eigenvalue weighted by Gasteiger charge is -2.08. The van der Waals surface area contributed by atoms with Crippen LogP contribution in [0.3, 0.4) is 0 Å². The van der Waals surface area contributed by atoms with Crippen LogP contribution in [-0.2, 0) is 0 Å². The Morgan fingerprint density at radius 1 is 1.14 bits per heavy atom. The number of nitrogens with one attached hydrogen (secondary N) is 1. The van der Waals surface area contributed by atoms with Crippen LogP contribution in [0.1, 0.15) is 0 Å². The fraction of sp³-hybridized carbons (Fsp3) is 0.133. The zero-order chi connectivity index (χ0) is 15.0. The molecule has 0 aliphatic rings. The van der Waals surface area contributed by atoms with E-state index in [1.165, 1.54) is 6.07 Å². The molecule has 4 nitrogen and oxygen atoms in total. The molecule has 0 amide bonds. The van der Waals surface area contributed by atoms with Gasteiger partial charge in [0.1, 0.15) is 23.1 Å². The van der Waals surface area contributed by atoms with E-state index in [9.17, 15) is 4.39 Å². The minimum absolute atomic E-state index is 0.338. The monoisotopic (exact) mass is 350 g/mol. The Labute approximate surface area is 129 Å². The fourth-order valence-corrected chi connectivity index (χ4v) is 2.46. The molecule has 2 aromatic carbocycles. The second-order valence-electron chi connectivity index (χ2n) is 4.44. The third-order valence-corrected chi connectivity index (χ3v) is 3.79. The summed E-state index contributed by atoms with van der Waals surface area (Å²) < 4.78 is 24.5. The smallest absolute Gasteiger partial charge is 0.142 e. The maximum atomic E-state index is 13.6. The van der Waals surface area contributed by atoms with Gasteiger partial charge in [-0.25, -0.2) is 9.37 Å². The quantitative estimate of drug-likeness (QED) is 0.771. The molecule has 0 spiro atoms. The number of aromatic nitrogens is 2. The van der Waals surface area contributed by atoms with E-state index in [1.54, 1.807) is 32.4 Å². The van der Waals surface area contributed by atoms with Crippen molar-refractivity contribution in [2.24, 2.45) is 0 Å². The van der Waals surface area contributed by atoms with Crippen LogP contribution in [-0.4, -0.2) is 24.2 Å². The van der Waals surface area contributed by atoms with E-state index in [0.29, 0.717) is 32.8 Å². The fourth-order valence-electron chi connectivity index (χ4n) is 2.13. The topological polar surface area (TPSA) is 47.1 Å². The first kappa shape index (κ1) is 13.9. The molecule has 0 aliphatic carbocycles. The van der Waals surface area contributed by atoms with Gasteiger partial charge in [-0.05, 0) is 40.2 Å². The summed E-state index contributed by atoms with van der Waals surface area (Å²) in [6, 6.07) is 8.47. The second kappa shape index (κ2) is 5.37. The van der Waals surface area contributed by atoms with Crippen LogP contribution in [0.25, 0.3) is 22.4 Å². The molecule has 1 aromatic heterocycles. The van der Waals surface area contributed by atoms with Crippen molar-refractivity contribution in [1.82, 2.24) is 9.97 Å². The Morgan fingerprint density at radius 2 is 1.95 bits per heavy atom. The number of benzene rings is 2. The number of hydrogen-bond donors (Lipinski definition) is 1. The number of halogens is 2. The van der Waals surface area contributed by atoms with Gasteiger partial charge in [-0.15, -0.1) is 0 Å². The molecule has 1 N–H and O–H groups in total. The minimum atomic E-state index is -0.338. The molecule has 0 fully saturated rings. The van der Waals surface area contributed by atoms with E-state index < -0.39 is 0 Å². The molecular formula is C15H12BrFN2O2. The number of ether oxygens (including phenoxy) is 2. The van der Waals surface area contributed by atoms with E-state index >= 15 is 0 Å². The van der Waals surface area contributed by atoms with Gasteiger partial charge in [-0.1, -0.05) is 0 Å². The highest BCUT2D eigenvalue weighted by atomic mass is 79.9. The Bertz CT molecular complexity index is 778. The summed E-state index contributed by atoms with van der Waals surface area (Å²) in [7, 11) is 3.18. The second-order valence-corrected chi connectivity index (χ2v) is 5.29. The van der Waals surface area contributed by atoms with Crippen LogP contribution in [0.5, 0.6) is 11.5 Å². The molecule has 0 saturated heterocycles. The Morgan fingerprint density at radius 3 is 2.67 bits per heavy atom. The van der Waals surface area contributed by atoms with Crippen molar-refractivity contribution < 1.29 is 13.9 Å². The molecule has 0 unspecified atom stereocenters. The highest BCUT2D eigenvalue weighted by molar-refractivity contribution is 9.10. The number of hydrogen-bond acceptors (Lipinski definition) is 3. The average Bonchev–Trinajstić information content (AvgIpc) is 2.89. The van der Waals surface area contributed by atoms with Crippen LogP contribution in [0.4, 0.5) is 4.39 Å². The standard InChI is InChI=1S/C15H12BrFN2O2/c1-20-8-3-4-14(21-2)9(5-8)15-18-12-6-10(16)11(17)7-13(12)19-15/h3-7H,1-2H3,(H,18,19). The van der Waals surface area contributed by atoms with Crippen LogP contribution in [0.15, 0.2) is 34.8 Å². The summed E-state index contributed by atoms with van der Waals surface area (Å²) in [5, 5.41) is 0. The zero-order valence-electron chi connectivity index (χ0n) is 11.4. The molecular weight excluding hydrogens is 339 g/mol. The molecule has 0 atom stereocenters. The molecule has 0 radical (unpaired) electrons. The summed E-state index contributed by atoms with van der Waals surface area (Å²) >= 11 is 3.16. The number of rotatable bonds is 3. The first-order chi connectivity index (χ1) is 10.1. The third-order valence-electron chi connectivity index (χ3n) is 3.19. The minimum Gasteiger partial charge on any atom is -0.497 e. The van der Waals surface area contributed by atoms with Crippen molar-refractivity contribution in [3.63, 3.8) is 0 Å². The predicted molar refractivity (Wildman–Crippen MR) is 82.3 cm³/mol. The van der Waals surface area contributed by atoms with Crippen molar-refractivity contribution in [2.75, 3.05) is 14.2 Å². The largest absolute Gasteiger partial charge is 0.497 e. The van der Waals surface area contributed by atoms with Gasteiger partial charge in [-0.3, -0.25) is 0 Å². The van der Waals surface area contributed by atoms with Gasteiger partial charge in [0.05, 0.1) is 35.3 Å². The highest BCUT2D eigenvalue weighted by Crippen LogP contribution is 2.33. The van der Waals surface area contributed by atoms with Crippen LogP contribution in [0, 0.1) is 5.82 Å². The van der Waals surface area contributed by atoms with E-state index in [2.05, 4.69) is 25.9 Å². The lowest BCUT2D eigenvalue weighted by atomic mass is 10.2. The van der Waals surface area contributed by atoms with Gasteiger partial charge >= 0.3 is 0 Å². The summed E-state index contributed by atoms with van der Waals surface area (Å²) in [6.45, 7) is 0. The zero-order valence-corrected chi connectivity index (χ0v) is 13.0. The van der Waals surface area contributed by atoms with E-state index in [4.69, 9.17) is 9.47 Å². The number of methoxy groups -OCH3 is 2. The van der Waals surface area contributed by atoms with Crippen molar-refractivity contribution >= 4 is 27.0 Å². The van der Waals surface area contributed by atoms with Crippen LogP contribution < -0.4 is 9.47 Å². The van der Waals surface area contributed by atoms with Crippen LogP contribution in [0.2, 0.25) is 0 Å². The molecule has 1 heterocycles. The van der Waals surface area contributed by atoms with Crippen molar-refractivity contribution in [3.8, 4) is 22.9 Å². The number of nitrogens with zero attached hydrogens (tertiary/aromatic N) is 1. The van der Waals surface area contributed by atoms with E-state index in [-0.39, 0.29) is 5.82 Å². The summed E-state index contributed by atoms with van der Waals surface area (Å²) in [5.74, 6) is 1.61. The first-order valence-corrected chi connectivity index (χ1v) is 6.99. The van der Waals surface area contributed by atoms with Crippen molar-refractivity contribution in [1.29, 1.82) is 0 Å². The first-order valence-electron chi connectivity index (χ1n) is 6.19. The Balaban J connectivity index is 2.20. The maximum Gasteiger partial charge on any atom is 0.142 e. The van der Waals surface area contributed by atoms with Crippen LogP contribution >= 0.6 is 15.9 Å². The molecule has 3 rings (SSSR count).